The number of carbonyl (C=O) groups is 1. The fraction of sp³-hybridized carbons (Fsp3) is 0.462. The van der Waals surface area contributed by atoms with Crippen LogP contribution in [-0.4, -0.2) is 40.2 Å². The van der Waals surface area contributed by atoms with Crippen LogP contribution in [0, 0.1) is 5.92 Å². The third kappa shape index (κ3) is 4.28. The van der Waals surface area contributed by atoms with E-state index in [-0.39, 0.29) is 4.90 Å². The summed E-state index contributed by atoms with van der Waals surface area (Å²) in [4.78, 5) is 10.4. The number of sulfone groups is 1. The molecular formula is C13H19NO6S2. The highest BCUT2D eigenvalue weighted by molar-refractivity contribution is 7.93. The molecule has 9 heteroatoms. The van der Waals surface area contributed by atoms with Gasteiger partial charge in [-0.05, 0) is 18.1 Å². The normalized spacial score (nSPS) is 15.2. The van der Waals surface area contributed by atoms with Gasteiger partial charge in [0.2, 0.25) is 10.0 Å². The molecule has 0 aromatic heterocycles. The van der Waals surface area contributed by atoms with Crippen LogP contribution in [0.15, 0.2) is 34.1 Å². The van der Waals surface area contributed by atoms with Crippen molar-refractivity contribution < 1.29 is 26.7 Å². The lowest BCUT2D eigenvalue weighted by Crippen LogP contribution is -2.45. The van der Waals surface area contributed by atoms with E-state index in [1.54, 1.807) is 13.8 Å². The van der Waals surface area contributed by atoms with Gasteiger partial charge >= 0.3 is 5.97 Å². The van der Waals surface area contributed by atoms with Crippen LogP contribution < -0.4 is 4.72 Å². The molecule has 1 rings (SSSR count). The van der Waals surface area contributed by atoms with Crippen molar-refractivity contribution in [3.8, 4) is 0 Å². The van der Waals surface area contributed by atoms with Crippen molar-refractivity contribution in [1.29, 1.82) is 0 Å². The van der Waals surface area contributed by atoms with Gasteiger partial charge in [0.15, 0.2) is 9.84 Å². The zero-order valence-corrected chi connectivity index (χ0v) is 14.1. The summed E-state index contributed by atoms with van der Waals surface area (Å²) in [7, 11) is -8.05. The number of carboxylic acids is 1. The molecule has 0 heterocycles. The molecule has 7 nitrogen and oxygen atoms in total. The molecule has 1 aromatic rings. The van der Waals surface area contributed by atoms with Gasteiger partial charge in [0.25, 0.3) is 0 Å². The fourth-order valence-corrected chi connectivity index (χ4v) is 4.78. The number of aliphatic carboxylic acids is 1. The second-order valence-corrected chi connectivity index (χ2v) is 8.71. The monoisotopic (exact) mass is 349 g/mol. The first-order valence-electron chi connectivity index (χ1n) is 6.55. The van der Waals surface area contributed by atoms with Crippen LogP contribution in [0.3, 0.4) is 0 Å². The Kier molecular flexibility index (Phi) is 5.71. The summed E-state index contributed by atoms with van der Waals surface area (Å²) in [6, 6.07) is 3.75. The molecule has 0 aliphatic rings. The van der Waals surface area contributed by atoms with Crippen LogP contribution in [0.2, 0.25) is 0 Å². The maximum atomic E-state index is 12.4. The van der Waals surface area contributed by atoms with Gasteiger partial charge in [-0.1, -0.05) is 32.4 Å². The van der Waals surface area contributed by atoms with Gasteiger partial charge in [-0.15, -0.1) is 0 Å². The molecule has 0 amide bonds. The summed E-state index contributed by atoms with van der Waals surface area (Å²) >= 11 is 0. The molecule has 0 bridgehead atoms. The van der Waals surface area contributed by atoms with Crippen molar-refractivity contribution in [3.63, 3.8) is 0 Å². The van der Waals surface area contributed by atoms with Crippen molar-refractivity contribution in [2.24, 2.45) is 5.92 Å². The zero-order valence-electron chi connectivity index (χ0n) is 12.5. The molecule has 0 aliphatic carbocycles. The van der Waals surface area contributed by atoms with Gasteiger partial charge in [0, 0.05) is 6.26 Å². The van der Waals surface area contributed by atoms with E-state index in [2.05, 4.69) is 4.72 Å². The minimum Gasteiger partial charge on any atom is -0.480 e. The van der Waals surface area contributed by atoms with Crippen molar-refractivity contribution in [2.75, 3.05) is 6.26 Å². The highest BCUT2D eigenvalue weighted by Crippen LogP contribution is 2.21. The summed E-state index contributed by atoms with van der Waals surface area (Å²) in [6.45, 7) is 3.34. The van der Waals surface area contributed by atoms with Gasteiger partial charge in [-0.2, -0.15) is 4.72 Å². The molecule has 0 saturated carbocycles. The average molecular weight is 349 g/mol. The first-order valence-corrected chi connectivity index (χ1v) is 9.92. The fourth-order valence-electron chi connectivity index (χ4n) is 1.85. The molecule has 0 aliphatic heterocycles. The Morgan fingerprint density at radius 2 is 1.68 bits per heavy atom. The van der Waals surface area contributed by atoms with Gasteiger partial charge in [0.1, 0.15) is 10.9 Å². The van der Waals surface area contributed by atoms with Crippen LogP contribution >= 0.6 is 0 Å². The van der Waals surface area contributed by atoms with E-state index in [0.29, 0.717) is 6.42 Å². The Hall–Kier alpha value is -1.45. The van der Waals surface area contributed by atoms with E-state index in [1.807, 2.05) is 0 Å². The summed E-state index contributed by atoms with van der Waals surface area (Å²) in [5.41, 5.74) is 0. The summed E-state index contributed by atoms with van der Waals surface area (Å²) in [5.74, 6) is -1.76. The molecule has 2 N–H and O–H groups in total. The number of sulfonamides is 1. The van der Waals surface area contributed by atoms with Crippen molar-refractivity contribution in [1.82, 2.24) is 4.72 Å². The SMILES string of the molecule is CCC(C)C(NS(=O)(=O)c1ccccc1S(C)(=O)=O)C(=O)O. The molecule has 2 unspecified atom stereocenters. The minimum atomic E-state index is -4.28. The number of hydrogen-bond acceptors (Lipinski definition) is 5. The van der Waals surface area contributed by atoms with E-state index in [9.17, 15) is 21.6 Å². The number of carboxylic acid groups (broad SMARTS) is 1. The predicted octanol–water partition coefficient (Wildman–Crippen LogP) is 0.868. The molecule has 0 radical (unpaired) electrons. The summed E-state index contributed by atoms with van der Waals surface area (Å²) < 4.78 is 50.3. The van der Waals surface area contributed by atoms with Crippen LogP contribution in [-0.2, 0) is 24.7 Å². The summed E-state index contributed by atoms with van der Waals surface area (Å²) in [5, 5.41) is 9.17. The quantitative estimate of drug-likeness (QED) is 0.754. The predicted molar refractivity (Wildman–Crippen MR) is 80.8 cm³/mol. The lowest BCUT2D eigenvalue weighted by Gasteiger charge is -2.20. The molecule has 0 fully saturated rings. The van der Waals surface area contributed by atoms with Crippen LogP contribution in [0.1, 0.15) is 20.3 Å². The van der Waals surface area contributed by atoms with Crippen LogP contribution in [0.25, 0.3) is 0 Å². The Bertz CT molecular complexity index is 754. The third-order valence-electron chi connectivity index (χ3n) is 3.30. The van der Waals surface area contributed by atoms with Gasteiger partial charge in [-0.3, -0.25) is 4.79 Å². The topological polar surface area (TPSA) is 118 Å². The highest BCUT2D eigenvalue weighted by Gasteiger charge is 2.31. The molecule has 0 spiro atoms. The zero-order chi connectivity index (χ0) is 17.1. The van der Waals surface area contributed by atoms with Crippen molar-refractivity contribution in [3.05, 3.63) is 24.3 Å². The molecule has 2 atom stereocenters. The lowest BCUT2D eigenvalue weighted by molar-refractivity contribution is -0.140. The average Bonchev–Trinajstić information content (AvgIpc) is 2.43. The van der Waals surface area contributed by atoms with E-state index in [1.165, 1.54) is 18.2 Å². The van der Waals surface area contributed by atoms with E-state index in [4.69, 9.17) is 5.11 Å². The van der Waals surface area contributed by atoms with Gasteiger partial charge < -0.3 is 5.11 Å². The lowest BCUT2D eigenvalue weighted by atomic mass is 10.0. The van der Waals surface area contributed by atoms with Crippen molar-refractivity contribution >= 4 is 25.8 Å². The number of benzene rings is 1. The van der Waals surface area contributed by atoms with E-state index < -0.39 is 42.7 Å². The van der Waals surface area contributed by atoms with Gasteiger partial charge in [0.05, 0.1) is 4.90 Å². The number of rotatable bonds is 7. The minimum absolute atomic E-state index is 0.365. The van der Waals surface area contributed by atoms with E-state index >= 15 is 0 Å². The van der Waals surface area contributed by atoms with Crippen LogP contribution in [0.5, 0.6) is 0 Å². The molecule has 22 heavy (non-hydrogen) atoms. The smallest absolute Gasteiger partial charge is 0.322 e. The largest absolute Gasteiger partial charge is 0.480 e. The second kappa shape index (κ2) is 6.76. The maximum absolute atomic E-state index is 12.4. The molecule has 124 valence electrons. The summed E-state index contributed by atoms with van der Waals surface area (Å²) in [6.07, 6.45) is 1.35. The molecular weight excluding hydrogens is 330 g/mol. The Morgan fingerprint density at radius 1 is 1.18 bits per heavy atom. The van der Waals surface area contributed by atoms with Gasteiger partial charge in [-0.25, -0.2) is 16.8 Å². The Labute approximate surface area is 130 Å². The first kappa shape index (κ1) is 18.6. The van der Waals surface area contributed by atoms with E-state index in [0.717, 1.165) is 12.3 Å². The maximum Gasteiger partial charge on any atom is 0.322 e. The molecule has 0 saturated heterocycles. The number of hydrogen-bond donors (Lipinski definition) is 2. The highest BCUT2D eigenvalue weighted by atomic mass is 32.2. The first-order chi connectivity index (χ1) is 10.0. The standard InChI is InChI=1S/C13H19NO6S2/c1-4-9(2)12(13(15)16)14-22(19,20)11-8-6-5-7-10(11)21(3,17)18/h5-9,12,14H,4H2,1-3H3,(H,15,16). The van der Waals surface area contributed by atoms with Crippen molar-refractivity contribution in [2.45, 2.75) is 36.1 Å². The third-order valence-corrected chi connectivity index (χ3v) is 6.08. The Balaban J connectivity index is 3.35. The Morgan fingerprint density at radius 3 is 2.09 bits per heavy atom. The number of nitrogens with one attached hydrogen (secondary N) is 1. The second-order valence-electron chi connectivity index (χ2n) is 5.04. The molecule has 1 aromatic carbocycles. The van der Waals surface area contributed by atoms with Crippen LogP contribution in [0.4, 0.5) is 0 Å².